The molecule has 0 aliphatic rings. The molecule has 2 aromatic rings. The highest BCUT2D eigenvalue weighted by Gasteiger charge is 2.05. The summed E-state index contributed by atoms with van der Waals surface area (Å²) in [6, 6.07) is 11.8. The zero-order valence-electron chi connectivity index (χ0n) is 13.0. The standard InChI is InChI=1S/C19H24O2/c1-3-4-5-6-7-13-21-19-10-8-9-16-11-12-17(15(2)20)14-18(16)19/h8-12,14H,3-7,13H2,1-2H3. The molecular formula is C19H24O2. The molecule has 0 bridgehead atoms. The van der Waals surface area contributed by atoms with Gasteiger partial charge in [0.25, 0.3) is 0 Å². The lowest BCUT2D eigenvalue weighted by Crippen LogP contribution is -1.98. The van der Waals surface area contributed by atoms with Crippen LogP contribution in [-0.2, 0) is 0 Å². The molecule has 0 aromatic heterocycles. The highest BCUT2D eigenvalue weighted by Crippen LogP contribution is 2.27. The fourth-order valence-corrected chi connectivity index (χ4v) is 2.48. The van der Waals surface area contributed by atoms with Crippen LogP contribution >= 0.6 is 0 Å². The summed E-state index contributed by atoms with van der Waals surface area (Å²) in [6.45, 7) is 4.56. The van der Waals surface area contributed by atoms with E-state index < -0.39 is 0 Å². The Labute approximate surface area is 127 Å². The van der Waals surface area contributed by atoms with Crippen molar-refractivity contribution in [2.45, 2.75) is 46.0 Å². The van der Waals surface area contributed by atoms with Gasteiger partial charge in [-0.25, -0.2) is 0 Å². The first kappa shape index (κ1) is 15.6. The van der Waals surface area contributed by atoms with Gasteiger partial charge in [-0.2, -0.15) is 0 Å². The fourth-order valence-electron chi connectivity index (χ4n) is 2.48. The van der Waals surface area contributed by atoms with Crippen molar-refractivity contribution in [1.82, 2.24) is 0 Å². The molecule has 112 valence electrons. The van der Waals surface area contributed by atoms with Crippen LogP contribution in [-0.4, -0.2) is 12.4 Å². The van der Waals surface area contributed by atoms with E-state index in [2.05, 4.69) is 6.92 Å². The van der Waals surface area contributed by atoms with Gasteiger partial charge in [0.2, 0.25) is 0 Å². The van der Waals surface area contributed by atoms with Crippen molar-refractivity contribution in [2.75, 3.05) is 6.61 Å². The summed E-state index contributed by atoms with van der Waals surface area (Å²) in [7, 11) is 0. The number of benzene rings is 2. The largest absolute Gasteiger partial charge is 0.493 e. The van der Waals surface area contributed by atoms with Crippen molar-refractivity contribution in [1.29, 1.82) is 0 Å². The van der Waals surface area contributed by atoms with Crippen LogP contribution in [0.3, 0.4) is 0 Å². The third-order valence-corrected chi connectivity index (χ3v) is 3.75. The van der Waals surface area contributed by atoms with E-state index in [9.17, 15) is 4.79 Å². The minimum Gasteiger partial charge on any atom is -0.493 e. The highest BCUT2D eigenvalue weighted by molar-refractivity contribution is 6.00. The van der Waals surface area contributed by atoms with E-state index in [-0.39, 0.29) is 5.78 Å². The summed E-state index contributed by atoms with van der Waals surface area (Å²) in [5.74, 6) is 0.970. The molecule has 2 heteroatoms. The SMILES string of the molecule is CCCCCCCOc1cccc2ccc(C(C)=O)cc12. The topological polar surface area (TPSA) is 26.3 Å². The Balaban J connectivity index is 2.05. The number of ether oxygens (including phenoxy) is 1. The lowest BCUT2D eigenvalue weighted by Gasteiger charge is -2.10. The number of ketones is 1. The summed E-state index contributed by atoms with van der Waals surface area (Å²) < 4.78 is 5.92. The van der Waals surface area contributed by atoms with Crippen molar-refractivity contribution >= 4 is 16.6 Å². The number of carbonyl (C=O) groups excluding carboxylic acids is 1. The van der Waals surface area contributed by atoms with Crippen LogP contribution in [0.4, 0.5) is 0 Å². The lowest BCUT2D eigenvalue weighted by molar-refractivity contribution is 0.101. The van der Waals surface area contributed by atoms with E-state index in [0.717, 1.165) is 35.1 Å². The fraction of sp³-hybridized carbons (Fsp3) is 0.421. The van der Waals surface area contributed by atoms with Gasteiger partial charge in [0.15, 0.2) is 5.78 Å². The van der Waals surface area contributed by atoms with Crippen LogP contribution < -0.4 is 4.74 Å². The molecule has 2 nitrogen and oxygen atoms in total. The second-order valence-corrected chi connectivity index (χ2v) is 5.51. The van der Waals surface area contributed by atoms with Gasteiger partial charge >= 0.3 is 0 Å². The van der Waals surface area contributed by atoms with Gasteiger partial charge in [-0.3, -0.25) is 4.79 Å². The minimum absolute atomic E-state index is 0.0891. The summed E-state index contributed by atoms with van der Waals surface area (Å²) in [5.41, 5.74) is 0.737. The maximum atomic E-state index is 11.5. The molecule has 0 N–H and O–H groups in total. The van der Waals surface area contributed by atoms with Gasteiger partial charge < -0.3 is 4.74 Å². The van der Waals surface area contributed by atoms with Crippen LogP contribution in [0.5, 0.6) is 5.75 Å². The first-order valence-electron chi connectivity index (χ1n) is 7.89. The second kappa shape index (κ2) is 7.82. The van der Waals surface area contributed by atoms with Gasteiger partial charge in [0.1, 0.15) is 5.75 Å². The lowest BCUT2D eigenvalue weighted by atomic mass is 10.0. The molecule has 0 radical (unpaired) electrons. The highest BCUT2D eigenvalue weighted by atomic mass is 16.5. The Bertz CT molecular complexity index is 602. The van der Waals surface area contributed by atoms with Crippen molar-refractivity contribution in [3.63, 3.8) is 0 Å². The average molecular weight is 284 g/mol. The molecule has 0 saturated heterocycles. The van der Waals surface area contributed by atoms with Crippen molar-refractivity contribution in [3.8, 4) is 5.75 Å². The summed E-state index contributed by atoms with van der Waals surface area (Å²) in [4.78, 5) is 11.5. The predicted molar refractivity (Wildman–Crippen MR) is 88.2 cm³/mol. The van der Waals surface area contributed by atoms with Gasteiger partial charge in [-0.1, -0.05) is 56.9 Å². The molecule has 0 atom stereocenters. The van der Waals surface area contributed by atoms with Gasteiger partial charge in [0, 0.05) is 10.9 Å². The molecule has 0 aliphatic carbocycles. The zero-order chi connectivity index (χ0) is 15.1. The van der Waals surface area contributed by atoms with Gasteiger partial charge in [0.05, 0.1) is 6.61 Å². The minimum atomic E-state index is 0.0891. The molecule has 0 saturated carbocycles. The van der Waals surface area contributed by atoms with E-state index in [0.29, 0.717) is 0 Å². The van der Waals surface area contributed by atoms with E-state index in [1.54, 1.807) is 6.92 Å². The predicted octanol–water partition coefficient (Wildman–Crippen LogP) is 5.39. The van der Waals surface area contributed by atoms with Gasteiger partial charge in [-0.15, -0.1) is 0 Å². The first-order chi connectivity index (χ1) is 10.2. The number of hydrogen-bond acceptors (Lipinski definition) is 2. The quantitative estimate of drug-likeness (QED) is 0.480. The molecule has 0 heterocycles. The van der Waals surface area contributed by atoms with Crippen LogP contribution in [0.2, 0.25) is 0 Å². The summed E-state index contributed by atoms with van der Waals surface area (Å²) in [5, 5.41) is 2.14. The molecule has 2 aromatic carbocycles. The van der Waals surface area contributed by atoms with Crippen LogP contribution in [0.25, 0.3) is 10.8 Å². The maximum Gasteiger partial charge on any atom is 0.159 e. The first-order valence-corrected chi connectivity index (χ1v) is 7.89. The molecule has 0 fully saturated rings. The van der Waals surface area contributed by atoms with E-state index in [1.165, 1.54) is 25.7 Å². The Kier molecular flexibility index (Phi) is 5.79. The summed E-state index contributed by atoms with van der Waals surface area (Å²) >= 11 is 0. The van der Waals surface area contributed by atoms with Gasteiger partial charge in [-0.05, 0) is 30.9 Å². The molecule has 0 aliphatic heterocycles. The van der Waals surface area contributed by atoms with E-state index in [4.69, 9.17) is 4.74 Å². The Morgan fingerprint density at radius 1 is 1.05 bits per heavy atom. The number of carbonyl (C=O) groups is 1. The van der Waals surface area contributed by atoms with Crippen LogP contribution in [0, 0.1) is 0 Å². The molecule has 21 heavy (non-hydrogen) atoms. The zero-order valence-corrected chi connectivity index (χ0v) is 13.0. The maximum absolute atomic E-state index is 11.5. The van der Waals surface area contributed by atoms with Crippen LogP contribution in [0.15, 0.2) is 36.4 Å². The number of fused-ring (bicyclic) bond motifs is 1. The Morgan fingerprint density at radius 2 is 1.86 bits per heavy atom. The normalized spacial score (nSPS) is 10.8. The third kappa shape index (κ3) is 4.32. The van der Waals surface area contributed by atoms with E-state index >= 15 is 0 Å². The van der Waals surface area contributed by atoms with Crippen molar-refractivity contribution in [2.24, 2.45) is 0 Å². The Hall–Kier alpha value is -1.83. The molecule has 0 amide bonds. The van der Waals surface area contributed by atoms with Crippen LogP contribution in [0.1, 0.15) is 56.3 Å². The van der Waals surface area contributed by atoms with Crippen molar-refractivity contribution < 1.29 is 9.53 Å². The monoisotopic (exact) mass is 284 g/mol. The molecule has 2 rings (SSSR count). The summed E-state index contributed by atoms with van der Waals surface area (Å²) in [6.07, 6.45) is 6.15. The smallest absolute Gasteiger partial charge is 0.159 e. The number of rotatable bonds is 8. The molecular weight excluding hydrogens is 260 g/mol. The number of Topliss-reactive ketones (excluding diaryl/α,β-unsaturated/α-hetero) is 1. The molecule has 0 unspecified atom stereocenters. The number of unbranched alkanes of at least 4 members (excludes halogenated alkanes) is 4. The average Bonchev–Trinajstić information content (AvgIpc) is 2.50. The van der Waals surface area contributed by atoms with E-state index in [1.807, 2.05) is 36.4 Å². The molecule has 0 spiro atoms. The second-order valence-electron chi connectivity index (χ2n) is 5.51. The Morgan fingerprint density at radius 3 is 2.62 bits per heavy atom. The number of hydrogen-bond donors (Lipinski definition) is 0. The third-order valence-electron chi connectivity index (χ3n) is 3.75. The van der Waals surface area contributed by atoms with Crippen molar-refractivity contribution in [3.05, 3.63) is 42.0 Å².